The van der Waals surface area contributed by atoms with Crippen molar-refractivity contribution < 1.29 is 9.59 Å². The Balaban J connectivity index is 3.40. The van der Waals surface area contributed by atoms with E-state index in [4.69, 9.17) is 5.73 Å². The maximum Gasteiger partial charge on any atom is 0.256 e. The van der Waals surface area contributed by atoms with E-state index in [0.717, 1.165) is 0 Å². The number of carbonyl (C=O) groups excluding carboxylic acids is 2. The molecule has 0 unspecified atom stereocenters. The van der Waals surface area contributed by atoms with Gasteiger partial charge in [-0.2, -0.15) is 0 Å². The molecule has 0 saturated carbocycles. The number of nitrogen functional groups attached to an aromatic ring is 1. The molecule has 0 aromatic carbocycles. The van der Waals surface area contributed by atoms with Gasteiger partial charge < -0.3 is 16.0 Å². The molecule has 94 valence electrons. The van der Waals surface area contributed by atoms with Crippen molar-refractivity contribution in [2.45, 2.75) is 13.3 Å². The van der Waals surface area contributed by atoms with Crippen LogP contribution in [0.1, 0.15) is 33.4 Å². The van der Waals surface area contributed by atoms with Crippen LogP contribution in [0.25, 0.3) is 0 Å². The maximum absolute atomic E-state index is 11.8. The number of carbonyl (C=O) groups is 2. The third-order valence-corrected chi connectivity index (χ3v) is 3.78. The fourth-order valence-corrected chi connectivity index (χ4v) is 2.61. The number of thiophene rings is 1. The number of ketones is 1. The summed E-state index contributed by atoms with van der Waals surface area (Å²) in [5, 5.41) is 3.24. The highest BCUT2D eigenvalue weighted by molar-refractivity contribution is 7.19. The Kier molecular flexibility index (Phi) is 4.11. The van der Waals surface area contributed by atoms with Crippen LogP contribution in [0.3, 0.4) is 0 Å². The predicted octanol–water partition coefficient (Wildman–Crippen LogP) is 1.35. The van der Waals surface area contributed by atoms with Gasteiger partial charge >= 0.3 is 0 Å². The highest BCUT2D eigenvalue weighted by Crippen LogP contribution is 2.37. The minimum absolute atomic E-state index is 0.0363. The third kappa shape index (κ3) is 2.41. The van der Waals surface area contributed by atoms with Gasteiger partial charge in [0.1, 0.15) is 5.00 Å². The summed E-state index contributed by atoms with van der Waals surface area (Å²) < 4.78 is 0. The molecule has 0 aliphatic rings. The molecule has 0 saturated heterocycles. The molecule has 0 atom stereocenters. The minimum Gasteiger partial charge on any atom is -0.397 e. The van der Waals surface area contributed by atoms with Crippen LogP contribution < -0.4 is 16.0 Å². The molecule has 1 rings (SSSR count). The van der Waals surface area contributed by atoms with E-state index in [1.165, 1.54) is 11.3 Å². The summed E-state index contributed by atoms with van der Waals surface area (Å²) >= 11 is 1.26. The molecule has 0 spiro atoms. The fraction of sp³-hybridized carbons (Fsp3) is 0.455. The van der Waals surface area contributed by atoms with Gasteiger partial charge in [-0.05, 0) is 0 Å². The molecular formula is C11H17N3O2S. The average Bonchev–Trinajstić information content (AvgIpc) is 2.65. The zero-order valence-electron chi connectivity index (χ0n) is 10.5. The molecule has 1 aromatic heterocycles. The first kappa shape index (κ1) is 13.5. The number of hydrogen-bond donors (Lipinski definition) is 2. The molecule has 3 N–H and O–H groups in total. The second kappa shape index (κ2) is 5.18. The molecule has 0 fully saturated rings. The maximum atomic E-state index is 11.8. The van der Waals surface area contributed by atoms with Crippen molar-refractivity contribution in [2.24, 2.45) is 0 Å². The molecular weight excluding hydrogens is 238 g/mol. The molecule has 0 aliphatic heterocycles. The molecule has 17 heavy (non-hydrogen) atoms. The van der Waals surface area contributed by atoms with Gasteiger partial charge in [0.25, 0.3) is 5.91 Å². The van der Waals surface area contributed by atoms with E-state index >= 15 is 0 Å². The van der Waals surface area contributed by atoms with E-state index in [1.54, 1.807) is 18.9 Å². The van der Waals surface area contributed by atoms with Crippen molar-refractivity contribution in [1.29, 1.82) is 0 Å². The molecule has 5 nitrogen and oxygen atoms in total. The SMILES string of the molecule is CCC(=O)c1sc(N(C)C)c(C(=O)NC)c1N. The van der Waals surface area contributed by atoms with Crippen LogP contribution in [-0.4, -0.2) is 32.8 Å². The fourth-order valence-electron chi connectivity index (χ4n) is 1.46. The summed E-state index contributed by atoms with van der Waals surface area (Å²) in [6.07, 6.45) is 0.380. The summed E-state index contributed by atoms with van der Waals surface area (Å²) in [5.41, 5.74) is 6.57. The average molecular weight is 255 g/mol. The van der Waals surface area contributed by atoms with E-state index in [2.05, 4.69) is 5.32 Å². The normalized spacial score (nSPS) is 10.1. The summed E-state index contributed by atoms with van der Waals surface area (Å²) in [6.45, 7) is 1.77. The Morgan fingerprint density at radius 1 is 1.41 bits per heavy atom. The van der Waals surface area contributed by atoms with E-state index in [0.29, 0.717) is 21.9 Å². The Morgan fingerprint density at radius 2 is 2.00 bits per heavy atom. The van der Waals surface area contributed by atoms with Crippen LogP contribution in [0.2, 0.25) is 0 Å². The minimum atomic E-state index is -0.266. The second-order valence-corrected chi connectivity index (χ2v) is 4.77. The first-order valence-corrected chi connectivity index (χ1v) is 6.10. The van der Waals surface area contributed by atoms with Gasteiger partial charge in [0.15, 0.2) is 5.78 Å². The van der Waals surface area contributed by atoms with Crippen molar-refractivity contribution in [3.63, 3.8) is 0 Å². The molecule has 6 heteroatoms. The molecule has 0 aliphatic carbocycles. The zero-order valence-corrected chi connectivity index (χ0v) is 11.3. The van der Waals surface area contributed by atoms with Crippen molar-refractivity contribution in [3.05, 3.63) is 10.4 Å². The summed E-state index contributed by atoms with van der Waals surface area (Å²) in [7, 11) is 5.18. The van der Waals surface area contributed by atoms with Crippen molar-refractivity contribution in [1.82, 2.24) is 5.32 Å². The number of nitrogens with zero attached hydrogens (tertiary/aromatic N) is 1. The highest BCUT2D eigenvalue weighted by atomic mass is 32.1. The number of amides is 1. The second-order valence-electron chi connectivity index (χ2n) is 3.78. The first-order chi connectivity index (χ1) is 7.93. The van der Waals surface area contributed by atoms with Crippen LogP contribution >= 0.6 is 11.3 Å². The number of rotatable bonds is 4. The smallest absolute Gasteiger partial charge is 0.256 e. The van der Waals surface area contributed by atoms with Crippen molar-refractivity contribution >= 4 is 33.7 Å². The largest absolute Gasteiger partial charge is 0.397 e. The van der Waals surface area contributed by atoms with Crippen LogP contribution in [0.4, 0.5) is 10.7 Å². The van der Waals surface area contributed by atoms with Crippen LogP contribution in [0, 0.1) is 0 Å². The van der Waals surface area contributed by atoms with Crippen molar-refractivity contribution in [2.75, 3.05) is 31.8 Å². The van der Waals surface area contributed by atoms with Gasteiger partial charge in [0, 0.05) is 27.6 Å². The van der Waals surface area contributed by atoms with E-state index < -0.39 is 0 Å². The monoisotopic (exact) mass is 255 g/mol. The lowest BCUT2D eigenvalue weighted by Crippen LogP contribution is -2.21. The number of anilines is 2. The Bertz CT molecular complexity index is 452. The quantitative estimate of drug-likeness (QED) is 0.796. The predicted molar refractivity (Wildman–Crippen MR) is 71.1 cm³/mol. The standard InChI is InChI=1S/C11H17N3O2S/c1-5-6(15)9-8(12)7(10(16)13-2)11(17-9)14(3)4/h5,12H2,1-4H3,(H,13,16). The Hall–Kier alpha value is -1.56. The molecule has 1 amide bonds. The highest BCUT2D eigenvalue weighted by Gasteiger charge is 2.25. The summed E-state index contributed by atoms with van der Waals surface area (Å²) in [6, 6.07) is 0. The molecule has 0 bridgehead atoms. The van der Waals surface area contributed by atoms with E-state index in [9.17, 15) is 9.59 Å². The lowest BCUT2D eigenvalue weighted by molar-refractivity contribution is 0.0964. The topological polar surface area (TPSA) is 75.4 Å². The number of nitrogens with two attached hydrogens (primary N) is 1. The Labute approximate surface area is 105 Å². The molecule has 1 aromatic rings. The van der Waals surface area contributed by atoms with Crippen molar-refractivity contribution in [3.8, 4) is 0 Å². The zero-order chi connectivity index (χ0) is 13.2. The Morgan fingerprint density at radius 3 is 2.41 bits per heavy atom. The lowest BCUT2D eigenvalue weighted by Gasteiger charge is -2.11. The van der Waals surface area contributed by atoms with Gasteiger partial charge in [-0.15, -0.1) is 11.3 Å². The molecule has 1 heterocycles. The number of nitrogens with one attached hydrogen (secondary N) is 1. The molecule has 0 radical (unpaired) electrons. The van der Waals surface area contributed by atoms with Crippen LogP contribution in [-0.2, 0) is 0 Å². The third-order valence-electron chi connectivity index (χ3n) is 2.36. The van der Waals surface area contributed by atoms with Gasteiger partial charge in [0.05, 0.1) is 16.1 Å². The van der Waals surface area contributed by atoms with Gasteiger partial charge in [-0.3, -0.25) is 9.59 Å². The number of hydrogen-bond acceptors (Lipinski definition) is 5. The van der Waals surface area contributed by atoms with E-state index in [-0.39, 0.29) is 17.4 Å². The van der Waals surface area contributed by atoms with Gasteiger partial charge in [-0.25, -0.2) is 0 Å². The van der Waals surface area contributed by atoms with E-state index in [1.807, 2.05) is 14.1 Å². The van der Waals surface area contributed by atoms with Crippen LogP contribution in [0.5, 0.6) is 0 Å². The van der Waals surface area contributed by atoms with Gasteiger partial charge in [-0.1, -0.05) is 6.92 Å². The van der Waals surface area contributed by atoms with Crippen LogP contribution in [0.15, 0.2) is 0 Å². The van der Waals surface area contributed by atoms with Gasteiger partial charge in [0.2, 0.25) is 0 Å². The summed E-state index contributed by atoms with van der Waals surface area (Å²) in [4.78, 5) is 25.7. The summed E-state index contributed by atoms with van der Waals surface area (Å²) in [5.74, 6) is -0.302. The first-order valence-electron chi connectivity index (χ1n) is 5.28. The number of Topliss-reactive ketones (excluding diaryl/α,β-unsaturated/α-hetero) is 1. The lowest BCUT2D eigenvalue weighted by atomic mass is 10.1.